The van der Waals surface area contributed by atoms with Crippen LogP contribution in [0, 0.1) is 0 Å². The van der Waals surface area contributed by atoms with Crippen LogP contribution in [0.4, 0.5) is 5.00 Å². The lowest BCUT2D eigenvalue weighted by Gasteiger charge is -2.29. The maximum atomic E-state index is 12.1. The van der Waals surface area contributed by atoms with Gasteiger partial charge in [-0.15, -0.1) is 11.3 Å². The third-order valence-corrected chi connectivity index (χ3v) is 4.24. The molecule has 0 radical (unpaired) electrons. The molecule has 2 heterocycles. The summed E-state index contributed by atoms with van der Waals surface area (Å²) in [5.41, 5.74) is 6.25. The molecule has 0 aliphatic carbocycles. The molecular formula is C14H21N3O3S. The Bertz CT molecular complexity index is 495. The van der Waals surface area contributed by atoms with Crippen molar-refractivity contribution in [1.29, 1.82) is 0 Å². The Balaban J connectivity index is 1.88. The zero-order valence-corrected chi connectivity index (χ0v) is 12.9. The predicted molar refractivity (Wildman–Crippen MR) is 82.6 cm³/mol. The fraction of sp³-hybridized carbons (Fsp3) is 0.571. The second kappa shape index (κ2) is 7.53. The Morgan fingerprint density at radius 1 is 1.48 bits per heavy atom. The van der Waals surface area contributed by atoms with E-state index in [2.05, 4.69) is 10.2 Å². The number of nitrogens with two attached hydrogens (primary N) is 1. The Labute approximate surface area is 128 Å². The SMILES string of the molecule is CCOC(=O)c1ccsc1NC(=O)CN1CCC(N)CC1. The van der Waals surface area contributed by atoms with Crippen LogP contribution >= 0.6 is 11.3 Å². The molecule has 1 aliphatic rings. The van der Waals surface area contributed by atoms with E-state index in [1.54, 1.807) is 18.4 Å². The van der Waals surface area contributed by atoms with Crippen LogP contribution in [0.25, 0.3) is 0 Å². The molecule has 3 N–H and O–H groups in total. The van der Waals surface area contributed by atoms with E-state index in [1.807, 2.05) is 0 Å². The lowest BCUT2D eigenvalue weighted by Crippen LogP contribution is -2.43. The van der Waals surface area contributed by atoms with E-state index >= 15 is 0 Å². The molecule has 1 amide bonds. The highest BCUT2D eigenvalue weighted by molar-refractivity contribution is 7.14. The molecule has 21 heavy (non-hydrogen) atoms. The maximum absolute atomic E-state index is 12.1. The molecule has 7 heteroatoms. The van der Waals surface area contributed by atoms with Crippen molar-refractivity contribution < 1.29 is 14.3 Å². The molecule has 6 nitrogen and oxygen atoms in total. The monoisotopic (exact) mass is 311 g/mol. The van der Waals surface area contributed by atoms with E-state index in [-0.39, 0.29) is 11.9 Å². The molecule has 0 aromatic carbocycles. The fourth-order valence-corrected chi connectivity index (χ4v) is 3.05. The summed E-state index contributed by atoms with van der Waals surface area (Å²) in [6, 6.07) is 1.91. The van der Waals surface area contributed by atoms with Crippen molar-refractivity contribution >= 4 is 28.2 Å². The van der Waals surface area contributed by atoms with Gasteiger partial charge in [-0.1, -0.05) is 0 Å². The molecule has 1 fully saturated rings. The molecule has 0 unspecified atom stereocenters. The summed E-state index contributed by atoms with van der Waals surface area (Å²) in [4.78, 5) is 25.9. The van der Waals surface area contributed by atoms with Gasteiger partial charge in [-0.3, -0.25) is 9.69 Å². The summed E-state index contributed by atoms with van der Waals surface area (Å²) < 4.78 is 4.96. The molecule has 0 saturated carbocycles. The van der Waals surface area contributed by atoms with Crippen LogP contribution in [0.2, 0.25) is 0 Å². The Kier molecular flexibility index (Phi) is 5.72. The molecular weight excluding hydrogens is 290 g/mol. The first-order valence-corrected chi connectivity index (χ1v) is 8.00. The number of nitrogens with one attached hydrogen (secondary N) is 1. The number of piperidine rings is 1. The number of esters is 1. The topological polar surface area (TPSA) is 84.7 Å². The summed E-state index contributed by atoms with van der Waals surface area (Å²) in [5, 5.41) is 5.11. The molecule has 2 rings (SSSR count). The van der Waals surface area contributed by atoms with Crippen LogP contribution < -0.4 is 11.1 Å². The first kappa shape index (κ1) is 15.9. The van der Waals surface area contributed by atoms with E-state index in [0.717, 1.165) is 25.9 Å². The standard InChI is InChI=1S/C14H21N3O3S/c1-2-20-14(19)11-5-8-21-13(11)16-12(18)9-17-6-3-10(15)4-7-17/h5,8,10H,2-4,6-7,9,15H2,1H3,(H,16,18). The highest BCUT2D eigenvalue weighted by Crippen LogP contribution is 2.24. The average Bonchev–Trinajstić information content (AvgIpc) is 2.90. The zero-order chi connectivity index (χ0) is 15.2. The van der Waals surface area contributed by atoms with Crippen LogP contribution in [0.3, 0.4) is 0 Å². The molecule has 1 aromatic heterocycles. The van der Waals surface area contributed by atoms with Crippen molar-refractivity contribution in [1.82, 2.24) is 4.90 Å². The maximum Gasteiger partial charge on any atom is 0.341 e. The third kappa shape index (κ3) is 4.52. The van der Waals surface area contributed by atoms with Crippen LogP contribution in [-0.4, -0.2) is 49.1 Å². The highest BCUT2D eigenvalue weighted by atomic mass is 32.1. The number of carbonyl (C=O) groups is 2. The number of anilines is 1. The largest absolute Gasteiger partial charge is 0.462 e. The number of ether oxygens (including phenoxy) is 1. The minimum atomic E-state index is -0.405. The van der Waals surface area contributed by atoms with Gasteiger partial charge < -0.3 is 15.8 Å². The number of nitrogens with zero attached hydrogens (tertiary/aromatic N) is 1. The normalized spacial score (nSPS) is 16.7. The van der Waals surface area contributed by atoms with Gasteiger partial charge in [-0.05, 0) is 31.2 Å². The van der Waals surface area contributed by atoms with Gasteiger partial charge in [0.2, 0.25) is 5.91 Å². The number of amides is 1. The average molecular weight is 311 g/mol. The molecule has 0 spiro atoms. The number of likely N-dealkylation sites (tertiary alicyclic amines) is 1. The van der Waals surface area contributed by atoms with Crippen LogP contribution in [0.15, 0.2) is 11.4 Å². The van der Waals surface area contributed by atoms with Crippen molar-refractivity contribution in [3.63, 3.8) is 0 Å². The predicted octanol–water partition coefficient (Wildman–Crippen LogP) is 1.29. The minimum Gasteiger partial charge on any atom is -0.462 e. The van der Waals surface area contributed by atoms with E-state index < -0.39 is 5.97 Å². The molecule has 1 aliphatic heterocycles. The summed E-state index contributed by atoms with van der Waals surface area (Å²) in [6.07, 6.45) is 1.83. The van der Waals surface area contributed by atoms with Crippen LogP contribution in [0.1, 0.15) is 30.1 Å². The van der Waals surface area contributed by atoms with E-state index in [9.17, 15) is 9.59 Å². The smallest absolute Gasteiger partial charge is 0.341 e. The van der Waals surface area contributed by atoms with Crippen LogP contribution in [-0.2, 0) is 9.53 Å². The van der Waals surface area contributed by atoms with E-state index in [1.165, 1.54) is 11.3 Å². The van der Waals surface area contributed by atoms with Gasteiger partial charge in [0, 0.05) is 19.1 Å². The van der Waals surface area contributed by atoms with Crippen molar-refractivity contribution in [2.75, 3.05) is 31.6 Å². The van der Waals surface area contributed by atoms with Crippen molar-refractivity contribution in [3.8, 4) is 0 Å². The van der Waals surface area contributed by atoms with Crippen molar-refractivity contribution in [2.24, 2.45) is 5.73 Å². The quantitative estimate of drug-likeness (QED) is 0.800. The van der Waals surface area contributed by atoms with Gasteiger partial charge in [0.15, 0.2) is 0 Å². The van der Waals surface area contributed by atoms with E-state index in [0.29, 0.717) is 23.7 Å². The summed E-state index contributed by atoms with van der Waals surface area (Å²) >= 11 is 1.32. The van der Waals surface area contributed by atoms with Gasteiger partial charge in [0.25, 0.3) is 0 Å². The third-order valence-electron chi connectivity index (χ3n) is 3.41. The lowest BCUT2D eigenvalue weighted by atomic mass is 10.1. The van der Waals surface area contributed by atoms with Crippen LogP contribution in [0.5, 0.6) is 0 Å². The number of hydrogen-bond acceptors (Lipinski definition) is 6. The summed E-state index contributed by atoms with van der Waals surface area (Å²) in [7, 11) is 0. The highest BCUT2D eigenvalue weighted by Gasteiger charge is 2.20. The molecule has 1 aromatic rings. The number of carbonyl (C=O) groups excluding carboxylic acids is 2. The van der Waals surface area contributed by atoms with Gasteiger partial charge in [-0.2, -0.15) is 0 Å². The Morgan fingerprint density at radius 2 is 2.19 bits per heavy atom. The van der Waals surface area contributed by atoms with Gasteiger partial charge in [0.1, 0.15) is 5.00 Å². The summed E-state index contributed by atoms with van der Waals surface area (Å²) in [5.74, 6) is -0.517. The second-order valence-electron chi connectivity index (χ2n) is 5.05. The number of hydrogen-bond donors (Lipinski definition) is 2. The Morgan fingerprint density at radius 3 is 2.86 bits per heavy atom. The second-order valence-corrected chi connectivity index (χ2v) is 5.96. The minimum absolute atomic E-state index is 0.113. The van der Waals surface area contributed by atoms with E-state index in [4.69, 9.17) is 10.5 Å². The molecule has 0 atom stereocenters. The van der Waals surface area contributed by atoms with Gasteiger partial charge in [-0.25, -0.2) is 4.79 Å². The number of rotatable bonds is 5. The van der Waals surface area contributed by atoms with Crippen molar-refractivity contribution in [3.05, 3.63) is 17.0 Å². The molecule has 1 saturated heterocycles. The molecule has 0 bridgehead atoms. The van der Waals surface area contributed by atoms with Crippen molar-refractivity contribution in [2.45, 2.75) is 25.8 Å². The molecule has 116 valence electrons. The first-order chi connectivity index (χ1) is 10.1. The lowest BCUT2D eigenvalue weighted by molar-refractivity contribution is -0.117. The fourth-order valence-electron chi connectivity index (χ4n) is 2.26. The zero-order valence-electron chi connectivity index (χ0n) is 12.1. The first-order valence-electron chi connectivity index (χ1n) is 7.12. The number of thiophene rings is 1. The summed E-state index contributed by atoms with van der Waals surface area (Å²) in [6.45, 7) is 4.07. The Hall–Kier alpha value is -1.44. The van der Waals surface area contributed by atoms with Gasteiger partial charge >= 0.3 is 5.97 Å². The van der Waals surface area contributed by atoms with Gasteiger partial charge in [0.05, 0.1) is 18.7 Å².